The van der Waals surface area contributed by atoms with E-state index in [1.54, 1.807) is 24.5 Å². The predicted octanol–water partition coefficient (Wildman–Crippen LogP) is 1.58. The van der Waals surface area contributed by atoms with Crippen LogP contribution in [0.3, 0.4) is 0 Å². The molecule has 0 bridgehead atoms. The minimum absolute atomic E-state index is 0.0507. The number of rotatable bonds is 4. The van der Waals surface area contributed by atoms with Crippen LogP contribution in [0.4, 0.5) is 0 Å². The van der Waals surface area contributed by atoms with Crippen LogP contribution in [0.5, 0.6) is 0 Å². The normalized spacial score (nSPS) is 18.9. The van der Waals surface area contributed by atoms with Crippen molar-refractivity contribution in [3.8, 4) is 12.3 Å². The Labute approximate surface area is 113 Å². The van der Waals surface area contributed by atoms with E-state index in [4.69, 9.17) is 11.2 Å². The van der Waals surface area contributed by atoms with Gasteiger partial charge in [0.15, 0.2) is 0 Å². The minimum atomic E-state index is 0.0507. The molecule has 0 aliphatic carbocycles. The second-order valence-electron chi connectivity index (χ2n) is 4.72. The molecule has 1 unspecified atom stereocenters. The summed E-state index contributed by atoms with van der Waals surface area (Å²) < 4.78 is 5.37. The van der Waals surface area contributed by atoms with Gasteiger partial charge in [-0.1, -0.05) is 5.92 Å². The van der Waals surface area contributed by atoms with Gasteiger partial charge in [-0.2, -0.15) is 0 Å². The van der Waals surface area contributed by atoms with Gasteiger partial charge in [0.05, 0.1) is 12.2 Å². The van der Waals surface area contributed by atoms with Gasteiger partial charge >= 0.3 is 0 Å². The van der Waals surface area contributed by atoms with Crippen molar-refractivity contribution in [2.24, 2.45) is 5.92 Å². The first-order chi connectivity index (χ1) is 9.31. The van der Waals surface area contributed by atoms with Gasteiger partial charge in [0, 0.05) is 31.4 Å². The molecule has 1 aromatic heterocycles. The molecule has 0 aromatic carbocycles. The topological polar surface area (TPSA) is 42.4 Å². The molecule has 1 aliphatic heterocycles. The van der Waals surface area contributed by atoms with Crippen molar-refractivity contribution in [1.29, 1.82) is 0 Å². The summed E-state index contributed by atoms with van der Waals surface area (Å²) in [5, 5.41) is 0. The van der Waals surface area contributed by atoms with Gasteiger partial charge in [0.25, 0.3) is 5.91 Å². The van der Waals surface area contributed by atoms with Crippen LogP contribution in [0.25, 0.3) is 0 Å². The number of hydrogen-bond acceptors (Lipinski definition) is 3. The Morgan fingerprint density at radius 3 is 3.26 bits per heavy atom. The fourth-order valence-corrected chi connectivity index (χ4v) is 2.34. The molecule has 1 saturated heterocycles. The first-order valence-electron chi connectivity index (χ1n) is 6.51. The van der Waals surface area contributed by atoms with Crippen molar-refractivity contribution < 1.29 is 9.53 Å². The van der Waals surface area contributed by atoms with E-state index in [1.165, 1.54) is 0 Å². The molecule has 1 amide bonds. The van der Waals surface area contributed by atoms with Crippen LogP contribution in [0.15, 0.2) is 24.5 Å². The van der Waals surface area contributed by atoms with Gasteiger partial charge in [0.1, 0.15) is 6.61 Å². The third-order valence-electron chi connectivity index (χ3n) is 3.25. The largest absolute Gasteiger partial charge is 0.368 e. The number of nitrogens with zero attached hydrogens (tertiary/aromatic N) is 2. The van der Waals surface area contributed by atoms with Crippen molar-refractivity contribution in [3.05, 3.63) is 30.1 Å². The highest BCUT2D eigenvalue weighted by Crippen LogP contribution is 2.18. The molecule has 4 nitrogen and oxygen atoms in total. The molecule has 0 N–H and O–H groups in total. The summed E-state index contributed by atoms with van der Waals surface area (Å²) in [5.74, 6) is 2.88. The maximum atomic E-state index is 12.3. The molecule has 100 valence electrons. The van der Waals surface area contributed by atoms with Gasteiger partial charge in [-0.3, -0.25) is 9.78 Å². The van der Waals surface area contributed by atoms with Crippen LogP contribution in [-0.2, 0) is 4.74 Å². The van der Waals surface area contributed by atoms with E-state index < -0.39 is 0 Å². The monoisotopic (exact) mass is 258 g/mol. The molecule has 1 atom stereocenters. The van der Waals surface area contributed by atoms with E-state index in [0.29, 0.717) is 24.7 Å². The summed E-state index contributed by atoms with van der Waals surface area (Å²) in [6.45, 7) is 2.51. The molecule has 1 aromatic rings. The lowest BCUT2D eigenvalue weighted by molar-refractivity contribution is 0.0534. The van der Waals surface area contributed by atoms with Crippen LogP contribution in [0, 0.1) is 18.3 Å². The minimum Gasteiger partial charge on any atom is -0.368 e. The van der Waals surface area contributed by atoms with E-state index in [2.05, 4.69) is 10.9 Å². The highest BCUT2D eigenvalue weighted by atomic mass is 16.5. The van der Waals surface area contributed by atoms with E-state index >= 15 is 0 Å². The standard InChI is InChI=1S/C15H18N2O2/c1-2-9-19-12-13-5-4-8-17(11-13)15(18)14-6-3-7-16-10-14/h1,3,6-7,10,13H,4-5,8-9,11-12H2. The SMILES string of the molecule is C#CCOCC1CCCN(C(=O)c2cccnc2)C1. The number of piperidine rings is 1. The maximum absolute atomic E-state index is 12.3. The molecule has 0 spiro atoms. The van der Waals surface area contributed by atoms with Gasteiger partial charge < -0.3 is 9.64 Å². The summed E-state index contributed by atoms with van der Waals surface area (Å²) in [6, 6.07) is 3.58. The Hall–Kier alpha value is -1.86. The Morgan fingerprint density at radius 2 is 2.53 bits per heavy atom. The van der Waals surface area contributed by atoms with E-state index in [0.717, 1.165) is 25.9 Å². The quantitative estimate of drug-likeness (QED) is 0.608. The lowest BCUT2D eigenvalue weighted by atomic mass is 9.98. The summed E-state index contributed by atoms with van der Waals surface area (Å²) in [4.78, 5) is 18.2. The van der Waals surface area contributed by atoms with Crippen LogP contribution >= 0.6 is 0 Å². The average molecular weight is 258 g/mol. The fourth-order valence-electron chi connectivity index (χ4n) is 2.34. The first-order valence-corrected chi connectivity index (χ1v) is 6.51. The predicted molar refractivity (Wildman–Crippen MR) is 72.5 cm³/mol. The summed E-state index contributed by atoms with van der Waals surface area (Å²) in [5.41, 5.74) is 0.646. The zero-order valence-corrected chi connectivity index (χ0v) is 10.9. The number of ether oxygens (including phenoxy) is 1. The zero-order chi connectivity index (χ0) is 13.5. The number of aromatic nitrogens is 1. The van der Waals surface area contributed by atoms with E-state index in [-0.39, 0.29) is 5.91 Å². The second kappa shape index (κ2) is 6.91. The zero-order valence-electron chi connectivity index (χ0n) is 10.9. The third kappa shape index (κ3) is 3.80. The van der Waals surface area contributed by atoms with Gasteiger partial charge in [-0.25, -0.2) is 0 Å². The number of amides is 1. The molecule has 19 heavy (non-hydrogen) atoms. The molecule has 2 rings (SSSR count). The number of pyridine rings is 1. The van der Waals surface area contributed by atoms with Crippen molar-refractivity contribution in [1.82, 2.24) is 9.88 Å². The number of carbonyl (C=O) groups is 1. The maximum Gasteiger partial charge on any atom is 0.255 e. The van der Waals surface area contributed by atoms with E-state index in [1.807, 2.05) is 4.90 Å². The first kappa shape index (κ1) is 13.6. The van der Waals surface area contributed by atoms with Gasteiger partial charge in [0.2, 0.25) is 0 Å². The van der Waals surface area contributed by atoms with Crippen molar-refractivity contribution >= 4 is 5.91 Å². The smallest absolute Gasteiger partial charge is 0.255 e. The fraction of sp³-hybridized carbons (Fsp3) is 0.467. The molecular formula is C15H18N2O2. The van der Waals surface area contributed by atoms with Gasteiger partial charge in [-0.15, -0.1) is 6.42 Å². The number of terminal acetylenes is 1. The summed E-state index contributed by atoms with van der Waals surface area (Å²) in [6.07, 6.45) is 10.5. The summed E-state index contributed by atoms with van der Waals surface area (Å²) in [7, 11) is 0. The van der Waals surface area contributed by atoms with Crippen molar-refractivity contribution in [2.75, 3.05) is 26.3 Å². The lowest BCUT2D eigenvalue weighted by Gasteiger charge is -2.32. The molecular weight excluding hydrogens is 240 g/mol. The Morgan fingerprint density at radius 1 is 1.63 bits per heavy atom. The van der Waals surface area contributed by atoms with Crippen molar-refractivity contribution in [3.63, 3.8) is 0 Å². The Bertz CT molecular complexity index is 453. The molecule has 2 heterocycles. The van der Waals surface area contributed by atoms with Crippen LogP contribution in [-0.4, -0.2) is 42.1 Å². The number of carbonyl (C=O) groups excluding carboxylic acids is 1. The van der Waals surface area contributed by atoms with Crippen LogP contribution < -0.4 is 0 Å². The molecule has 4 heteroatoms. The highest BCUT2D eigenvalue weighted by Gasteiger charge is 2.24. The summed E-state index contributed by atoms with van der Waals surface area (Å²) >= 11 is 0. The average Bonchev–Trinajstić information content (AvgIpc) is 2.48. The van der Waals surface area contributed by atoms with Crippen LogP contribution in [0.2, 0.25) is 0 Å². The number of likely N-dealkylation sites (tertiary alicyclic amines) is 1. The van der Waals surface area contributed by atoms with E-state index in [9.17, 15) is 4.79 Å². The van der Waals surface area contributed by atoms with Crippen LogP contribution in [0.1, 0.15) is 23.2 Å². The van der Waals surface area contributed by atoms with Gasteiger partial charge in [-0.05, 0) is 25.0 Å². The molecule has 0 radical (unpaired) electrons. The lowest BCUT2D eigenvalue weighted by Crippen LogP contribution is -2.41. The molecule has 1 fully saturated rings. The Kier molecular flexibility index (Phi) is 4.93. The third-order valence-corrected chi connectivity index (χ3v) is 3.25. The second-order valence-corrected chi connectivity index (χ2v) is 4.72. The Balaban J connectivity index is 1.90. The highest BCUT2D eigenvalue weighted by molar-refractivity contribution is 5.93. The number of hydrogen-bond donors (Lipinski definition) is 0. The molecule has 1 aliphatic rings. The van der Waals surface area contributed by atoms with Crippen molar-refractivity contribution in [2.45, 2.75) is 12.8 Å². The molecule has 0 saturated carbocycles.